The van der Waals surface area contributed by atoms with E-state index in [0.717, 1.165) is 26.4 Å². The number of hydrogen-bond acceptors (Lipinski definition) is 6. The molecule has 0 fully saturated rings. The van der Waals surface area contributed by atoms with Crippen molar-refractivity contribution >= 4 is 39.3 Å². The lowest BCUT2D eigenvalue weighted by Crippen LogP contribution is -2.08. The van der Waals surface area contributed by atoms with Crippen LogP contribution in [0.3, 0.4) is 0 Å². The van der Waals surface area contributed by atoms with Crippen LogP contribution in [0.5, 0.6) is 0 Å². The van der Waals surface area contributed by atoms with Gasteiger partial charge in [-0.05, 0) is 37.1 Å². The van der Waals surface area contributed by atoms with Crippen molar-refractivity contribution < 1.29 is 9.53 Å². The number of aryl methyl sites for hydroxylation is 1. The minimum atomic E-state index is -0.324. The van der Waals surface area contributed by atoms with Crippen molar-refractivity contribution in [2.24, 2.45) is 0 Å². The standard InChI is InChI=1S/C23H20N2O3S2/c1-3-28-22(27)17-11-9-15(10-12-17)13-29-23-24-20(26)19-18(14(2)30-21(19)25-23)16-7-5-4-6-8-16/h4-12H,3,13H2,1-2H3,(H,24,25,26). The topological polar surface area (TPSA) is 72.0 Å². The molecular formula is C23H20N2O3S2. The Balaban J connectivity index is 1.56. The van der Waals surface area contributed by atoms with Crippen molar-refractivity contribution in [2.45, 2.75) is 24.8 Å². The van der Waals surface area contributed by atoms with E-state index in [2.05, 4.69) is 9.97 Å². The first-order valence-electron chi connectivity index (χ1n) is 9.54. The predicted molar refractivity (Wildman–Crippen MR) is 122 cm³/mol. The molecule has 0 aliphatic rings. The first kappa shape index (κ1) is 20.4. The van der Waals surface area contributed by atoms with Crippen molar-refractivity contribution in [3.8, 4) is 11.1 Å². The van der Waals surface area contributed by atoms with E-state index in [4.69, 9.17) is 4.74 Å². The van der Waals surface area contributed by atoms with Crippen molar-refractivity contribution in [1.82, 2.24) is 9.97 Å². The van der Waals surface area contributed by atoms with Gasteiger partial charge >= 0.3 is 5.97 Å². The molecule has 0 aliphatic carbocycles. The summed E-state index contributed by atoms with van der Waals surface area (Å²) in [5.41, 5.74) is 3.42. The van der Waals surface area contributed by atoms with Gasteiger partial charge in [0.15, 0.2) is 5.16 Å². The third kappa shape index (κ3) is 4.17. The number of aromatic amines is 1. The van der Waals surface area contributed by atoms with Crippen LogP contribution in [0.25, 0.3) is 21.3 Å². The second kappa shape index (κ2) is 8.85. The number of benzene rings is 2. The number of H-pyrrole nitrogens is 1. The summed E-state index contributed by atoms with van der Waals surface area (Å²) in [5, 5.41) is 1.23. The highest BCUT2D eigenvalue weighted by Crippen LogP contribution is 2.36. The molecule has 0 aliphatic heterocycles. The third-order valence-electron chi connectivity index (χ3n) is 4.62. The van der Waals surface area contributed by atoms with Gasteiger partial charge in [0, 0.05) is 16.2 Å². The fourth-order valence-electron chi connectivity index (χ4n) is 3.22. The minimum absolute atomic E-state index is 0.122. The van der Waals surface area contributed by atoms with E-state index in [9.17, 15) is 9.59 Å². The molecule has 0 unspecified atom stereocenters. The molecule has 0 radical (unpaired) electrons. The van der Waals surface area contributed by atoms with Crippen LogP contribution in [0.4, 0.5) is 0 Å². The van der Waals surface area contributed by atoms with Crippen LogP contribution in [-0.2, 0) is 10.5 Å². The molecule has 7 heteroatoms. The zero-order chi connectivity index (χ0) is 21.1. The van der Waals surface area contributed by atoms with Crippen LogP contribution >= 0.6 is 23.1 Å². The molecule has 2 heterocycles. The third-order valence-corrected chi connectivity index (χ3v) is 6.56. The minimum Gasteiger partial charge on any atom is -0.462 e. The number of hydrogen-bond donors (Lipinski definition) is 1. The molecule has 2 aromatic heterocycles. The maximum atomic E-state index is 12.8. The van der Waals surface area contributed by atoms with Crippen LogP contribution in [0.1, 0.15) is 27.7 Å². The van der Waals surface area contributed by atoms with E-state index < -0.39 is 0 Å². The largest absolute Gasteiger partial charge is 0.462 e. The number of carbonyl (C=O) groups excluding carboxylic acids is 1. The zero-order valence-corrected chi connectivity index (χ0v) is 18.2. The number of nitrogens with zero attached hydrogens (tertiary/aromatic N) is 1. The molecule has 5 nitrogen and oxygen atoms in total. The van der Waals surface area contributed by atoms with Crippen molar-refractivity contribution in [2.75, 3.05) is 6.61 Å². The maximum Gasteiger partial charge on any atom is 0.338 e. The van der Waals surface area contributed by atoms with Crippen molar-refractivity contribution in [3.63, 3.8) is 0 Å². The number of thiophene rings is 1. The van der Waals surface area contributed by atoms with Gasteiger partial charge in [0.1, 0.15) is 4.83 Å². The number of ether oxygens (including phenoxy) is 1. The van der Waals surface area contributed by atoms with Gasteiger partial charge in [-0.3, -0.25) is 4.79 Å². The average molecular weight is 437 g/mol. The normalized spacial score (nSPS) is 11.0. The summed E-state index contributed by atoms with van der Waals surface area (Å²) < 4.78 is 5.00. The summed E-state index contributed by atoms with van der Waals surface area (Å²) in [6, 6.07) is 17.2. The van der Waals surface area contributed by atoms with Gasteiger partial charge in [-0.25, -0.2) is 9.78 Å². The SMILES string of the molecule is CCOC(=O)c1ccc(CSc2nc3sc(C)c(-c4ccccc4)c3c(=O)[nH]2)cc1. The van der Waals surface area contributed by atoms with Crippen LogP contribution in [0, 0.1) is 6.92 Å². The summed E-state index contributed by atoms with van der Waals surface area (Å²) in [5.74, 6) is 0.309. The molecule has 4 rings (SSSR count). The summed E-state index contributed by atoms with van der Waals surface area (Å²) in [4.78, 5) is 34.0. The second-order valence-corrected chi connectivity index (χ2v) is 8.82. The Hall–Kier alpha value is -2.90. The number of thioether (sulfide) groups is 1. The zero-order valence-electron chi connectivity index (χ0n) is 16.6. The van der Waals surface area contributed by atoms with Crippen LogP contribution in [0.15, 0.2) is 64.5 Å². The molecule has 0 bridgehead atoms. The lowest BCUT2D eigenvalue weighted by Gasteiger charge is -2.05. The van der Waals surface area contributed by atoms with Crippen molar-refractivity contribution in [3.05, 3.63) is 81.0 Å². The lowest BCUT2D eigenvalue weighted by atomic mass is 10.0. The smallest absolute Gasteiger partial charge is 0.338 e. The average Bonchev–Trinajstić information content (AvgIpc) is 3.09. The fraction of sp³-hybridized carbons (Fsp3) is 0.174. The highest BCUT2D eigenvalue weighted by molar-refractivity contribution is 7.98. The molecular weight excluding hydrogens is 416 g/mol. The Morgan fingerprint density at radius 1 is 1.13 bits per heavy atom. The van der Waals surface area contributed by atoms with E-state index in [1.165, 1.54) is 23.1 Å². The Kier molecular flexibility index (Phi) is 6.01. The Morgan fingerprint density at radius 3 is 2.57 bits per heavy atom. The molecule has 30 heavy (non-hydrogen) atoms. The molecule has 1 N–H and O–H groups in total. The van der Waals surface area contributed by atoms with Crippen LogP contribution in [0.2, 0.25) is 0 Å². The quantitative estimate of drug-likeness (QED) is 0.248. The molecule has 2 aromatic carbocycles. The summed E-state index contributed by atoms with van der Waals surface area (Å²) >= 11 is 3.00. The first-order chi connectivity index (χ1) is 14.6. The number of nitrogens with one attached hydrogen (secondary N) is 1. The van der Waals surface area contributed by atoms with Crippen LogP contribution in [-0.4, -0.2) is 22.5 Å². The fourth-order valence-corrected chi connectivity index (χ4v) is 5.14. The number of rotatable bonds is 6. The maximum absolute atomic E-state index is 12.8. The monoisotopic (exact) mass is 436 g/mol. The highest BCUT2D eigenvalue weighted by Gasteiger charge is 2.16. The van der Waals surface area contributed by atoms with Gasteiger partial charge < -0.3 is 9.72 Å². The number of aromatic nitrogens is 2. The van der Waals surface area contributed by atoms with Gasteiger partial charge in [-0.15, -0.1) is 11.3 Å². The van der Waals surface area contributed by atoms with E-state index in [-0.39, 0.29) is 11.5 Å². The number of fused-ring (bicyclic) bond motifs is 1. The van der Waals surface area contributed by atoms with E-state index in [0.29, 0.717) is 28.5 Å². The Morgan fingerprint density at radius 2 is 1.87 bits per heavy atom. The van der Waals surface area contributed by atoms with Gasteiger partial charge in [-0.1, -0.05) is 54.2 Å². The molecule has 0 saturated carbocycles. The highest BCUT2D eigenvalue weighted by atomic mass is 32.2. The molecule has 4 aromatic rings. The van der Waals surface area contributed by atoms with E-state index in [1.807, 2.05) is 49.4 Å². The molecule has 0 saturated heterocycles. The summed E-state index contributed by atoms with van der Waals surface area (Å²) in [6.07, 6.45) is 0. The molecule has 152 valence electrons. The van der Waals surface area contributed by atoms with Gasteiger partial charge in [0.25, 0.3) is 5.56 Å². The van der Waals surface area contributed by atoms with Crippen molar-refractivity contribution in [1.29, 1.82) is 0 Å². The Bertz CT molecular complexity index is 1250. The second-order valence-electron chi connectivity index (χ2n) is 6.66. The summed E-state index contributed by atoms with van der Waals surface area (Å²) in [7, 11) is 0. The van der Waals surface area contributed by atoms with Gasteiger partial charge in [0.2, 0.25) is 0 Å². The first-order valence-corrected chi connectivity index (χ1v) is 11.3. The lowest BCUT2D eigenvalue weighted by molar-refractivity contribution is 0.0526. The van der Waals surface area contributed by atoms with E-state index >= 15 is 0 Å². The van der Waals surface area contributed by atoms with Gasteiger partial charge in [0.05, 0.1) is 17.6 Å². The van der Waals surface area contributed by atoms with E-state index in [1.54, 1.807) is 19.1 Å². The number of carbonyl (C=O) groups is 1. The molecule has 0 amide bonds. The number of esters is 1. The predicted octanol–water partition coefficient (Wildman–Crippen LogP) is 5.43. The molecule has 0 atom stereocenters. The van der Waals surface area contributed by atoms with Gasteiger partial charge in [-0.2, -0.15) is 0 Å². The summed E-state index contributed by atoms with van der Waals surface area (Å²) in [6.45, 7) is 4.16. The van der Waals surface area contributed by atoms with Crippen LogP contribution < -0.4 is 5.56 Å². The Labute approximate surface area is 182 Å². The molecule has 0 spiro atoms.